The van der Waals surface area contributed by atoms with Crippen LogP contribution >= 0.6 is 11.3 Å². The van der Waals surface area contributed by atoms with Gasteiger partial charge in [0, 0.05) is 16.5 Å². The Morgan fingerprint density at radius 2 is 1.72 bits per heavy atom. The summed E-state index contributed by atoms with van der Waals surface area (Å²) in [6.07, 6.45) is 1.75. The molecule has 0 saturated carbocycles. The van der Waals surface area contributed by atoms with E-state index in [9.17, 15) is 0 Å². The maximum absolute atomic E-state index is 5.90. The average Bonchev–Trinajstić information content (AvgIpc) is 3.33. The van der Waals surface area contributed by atoms with Crippen molar-refractivity contribution in [2.75, 3.05) is 19.6 Å². The number of anilines is 1. The minimum Gasteiger partial charge on any atom is -0.497 e. The first-order valence-corrected chi connectivity index (χ1v) is 10.9. The Bertz CT molecular complexity index is 1170. The number of benzene rings is 3. The molecule has 0 spiro atoms. The molecule has 6 nitrogen and oxygen atoms in total. The molecule has 32 heavy (non-hydrogen) atoms. The highest BCUT2D eigenvalue weighted by molar-refractivity contribution is 7.14. The van der Waals surface area contributed by atoms with E-state index in [0.717, 1.165) is 44.8 Å². The largest absolute Gasteiger partial charge is 0.497 e. The lowest BCUT2D eigenvalue weighted by molar-refractivity contribution is 0.296. The summed E-state index contributed by atoms with van der Waals surface area (Å²) in [4.78, 5) is 4.58. The van der Waals surface area contributed by atoms with Crippen LogP contribution in [0.2, 0.25) is 0 Å². The van der Waals surface area contributed by atoms with Gasteiger partial charge in [-0.15, -0.1) is 11.3 Å². The summed E-state index contributed by atoms with van der Waals surface area (Å²) in [5, 5.41) is 7.07. The van der Waals surface area contributed by atoms with Crippen LogP contribution in [0.5, 0.6) is 17.2 Å². The van der Waals surface area contributed by atoms with Crippen molar-refractivity contribution in [2.24, 2.45) is 5.10 Å². The molecule has 0 atom stereocenters. The van der Waals surface area contributed by atoms with Crippen molar-refractivity contribution in [1.82, 2.24) is 4.98 Å². The van der Waals surface area contributed by atoms with Gasteiger partial charge < -0.3 is 14.2 Å². The van der Waals surface area contributed by atoms with Gasteiger partial charge >= 0.3 is 0 Å². The Morgan fingerprint density at radius 3 is 2.47 bits per heavy atom. The van der Waals surface area contributed by atoms with E-state index in [1.807, 2.05) is 78.2 Å². The summed E-state index contributed by atoms with van der Waals surface area (Å²) in [5.74, 6) is 2.30. The number of nitrogens with one attached hydrogen (secondary N) is 1. The molecule has 162 valence electrons. The lowest BCUT2D eigenvalue weighted by atomic mass is 10.1. The zero-order valence-corrected chi connectivity index (χ0v) is 18.6. The van der Waals surface area contributed by atoms with Crippen molar-refractivity contribution in [1.29, 1.82) is 0 Å². The summed E-state index contributed by atoms with van der Waals surface area (Å²) in [6.45, 7) is 0.373. The van der Waals surface area contributed by atoms with Gasteiger partial charge in [-0.1, -0.05) is 30.3 Å². The standard InChI is InChI=1S/C25H23N3O3S/c1-29-21-9-11-22(12-10-21)31-16-20-14-18(8-13-24(20)30-2)15-26-28-25-27-23(17-32-25)19-6-4-3-5-7-19/h3-15,17H,16H2,1-2H3,(H,27,28). The molecule has 3 aromatic carbocycles. The minimum atomic E-state index is 0.373. The second-order valence-corrected chi connectivity index (χ2v) is 7.67. The Labute approximate surface area is 191 Å². The van der Waals surface area contributed by atoms with Crippen LogP contribution in [-0.2, 0) is 6.61 Å². The molecule has 0 unspecified atom stereocenters. The lowest BCUT2D eigenvalue weighted by Crippen LogP contribution is -2.00. The maximum atomic E-state index is 5.90. The molecule has 1 aromatic heterocycles. The molecular formula is C25H23N3O3S. The molecule has 7 heteroatoms. The van der Waals surface area contributed by atoms with Gasteiger partial charge in [0.25, 0.3) is 0 Å². The molecule has 0 aliphatic carbocycles. The molecular weight excluding hydrogens is 422 g/mol. The van der Waals surface area contributed by atoms with E-state index in [0.29, 0.717) is 6.61 Å². The Balaban J connectivity index is 1.40. The molecule has 4 aromatic rings. The number of hydrazone groups is 1. The third-order valence-corrected chi connectivity index (χ3v) is 5.45. The molecule has 1 N–H and O–H groups in total. The van der Waals surface area contributed by atoms with E-state index in [1.165, 1.54) is 11.3 Å². The van der Waals surface area contributed by atoms with E-state index in [4.69, 9.17) is 14.2 Å². The molecule has 0 radical (unpaired) electrons. The molecule has 0 bridgehead atoms. The molecule has 0 aliphatic heterocycles. The number of hydrogen-bond acceptors (Lipinski definition) is 7. The Hall–Kier alpha value is -3.84. The number of rotatable bonds is 9. The molecule has 0 amide bonds. The highest BCUT2D eigenvalue weighted by Gasteiger charge is 2.06. The van der Waals surface area contributed by atoms with Gasteiger partial charge in [0.05, 0.1) is 26.1 Å². The normalized spacial score (nSPS) is 10.8. The Kier molecular flexibility index (Phi) is 6.99. The van der Waals surface area contributed by atoms with Crippen LogP contribution in [0.3, 0.4) is 0 Å². The van der Waals surface area contributed by atoms with Gasteiger partial charge in [0.1, 0.15) is 23.9 Å². The van der Waals surface area contributed by atoms with Crippen LogP contribution in [0.15, 0.2) is 83.3 Å². The topological polar surface area (TPSA) is 65.0 Å². The van der Waals surface area contributed by atoms with Crippen LogP contribution in [0.4, 0.5) is 5.13 Å². The van der Waals surface area contributed by atoms with Crippen LogP contribution in [0.25, 0.3) is 11.3 Å². The summed E-state index contributed by atoms with van der Waals surface area (Å²) >= 11 is 1.51. The number of hydrogen-bond donors (Lipinski definition) is 1. The first-order chi connectivity index (χ1) is 15.7. The number of methoxy groups -OCH3 is 2. The van der Waals surface area contributed by atoms with E-state index in [-0.39, 0.29) is 0 Å². The van der Waals surface area contributed by atoms with E-state index in [2.05, 4.69) is 15.5 Å². The second-order valence-electron chi connectivity index (χ2n) is 6.81. The highest BCUT2D eigenvalue weighted by atomic mass is 32.1. The van der Waals surface area contributed by atoms with Crippen molar-refractivity contribution in [2.45, 2.75) is 6.61 Å². The predicted molar refractivity (Wildman–Crippen MR) is 129 cm³/mol. The van der Waals surface area contributed by atoms with Crippen molar-refractivity contribution >= 4 is 22.7 Å². The Morgan fingerprint density at radius 1 is 0.938 bits per heavy atom. The maximum Gasteiger partial charge on any atom is 0.203 e. The van der Waals surface area contributed by atoms with Gasteiger partial charge in [-0.05, 0) is 48.0 Å². The second kappa shape index (κ2) is 10.5. The van der Waals surface area contributed by atoms with Gasteiger partial charge in [0.2, 0.25) is 5.13 Å². The third-order valence-electron chi connectivity index (χ3n) is 4.71. The zero-order chi connectivity index (χ0) is 22.2. The first kappa shape index (κ1) is 21.4. The smallest absolute Gasteiger partial charge is 0.203 e. The van der Waals surface area contributed by atoms with Gasteiger partial charge in [-0.3, -0.25) is 5.43 Å². The van der Waals surface area contributed by atoms with Crippen LogP contribution in [0, 0.1) is 0 Å². The van der Waals surface area contributed by atoms with Gasteiger partial charge in [-0.25, -0.2) is 4.98 Å². The SMILES string of the molecule is COc1ccc(OCc2cc(C=NNc3nc(-c4ccccc4)cs3)ccc2OC)cc1. The molecule has 0 fully saturated rings. The summed E-state index contributed by atoms with van der Waals surface area (Å²) in [5.41, 5.74) is 6.86. The van der Waals surface area contributed by atoms with E-state index < -0.39 is 0 Å². The fourth-order valence-corrected chi connectivity index (χ4v) is 3.72. The molecule has 0 saturated heterocycles. The molecule has 4 rings (SSSR count). The van der Waals surface area contributed by atoms with Crippen LogP contribution in [-0.4, -0.2) is 25.4 Å². The number of nitrogens with zero attached hydrogens (tertiary/aromatic N) is 2. The van der Waals surface area contributed by atoms with Gasteiger partial charge in [0.15, 0.2) is 0 Å². The van der Waals surface area contributed by atoms with E-state index >= 15 is 0 Å². The zero-order valence-electron chi connectivity index (χ0n) is 17.8. The number of ether oxygens (including phenoxy) is 3. The third kappa shape index (κ3) is 5.44. The van der Waals surface area contributed by atoms with Crippen molar-refractivity contribution < 1.29 is 14.2 Å². The minimum absolute atomic E-state index is 0.373. The average molecular weight is 446 g/mol. The summed E-state index contributed by atoms with van der Waals surface area (Å²) < 4.78 is 16.6. The number of aromatic nitrogens is 1. The van der Waals surface area contributed by atoms with Gasteiger partial charge in [-0.2, -0.15) is 5.10 Å². The molecule has 0 aliphatic rings. The van der Waals surface area contributed by atoms with Crippen LogP contribution < -0.4 is 19.6 Å². The van der Waals surface area contributed by atoms with Crippen LogP contribution in [0.1, 0.15) is 11.1 Å². The highest BCUT2D eigenvalue weighted by Crippen LogP contribution is 2.25. The quantitative estimate of drug-likeness (QED) is 0.258. The summed E-state index contributed by atoms with van der Waals surface area (Å²) in [7, 11) is 3.29. The first-order valence-electron chi connectivity index (χ1n) is 9.99. The van der Waals surface area contributed by atoms with Crippen molar-refractivity contribution in [3.8, 4) is 28.5 Å². The number of thiazole rings is 1. The monoisotopic (exact) mass is 445 g/mol. The van der Waals surface area contributed by atoms with Crippen molar-refractivity contribution in [3.05, 3.63) is 89.3 Å². The van der Waals surface area contributed by atoms with Crippen molar-refractivity contribution in [3.63, 3.8) is 0 Å². The predicted octanol–water partition coefficient (Wildman–Crippen LogP) is 5.85. The lowest BCUT2D eigenvalue weighted by Gasteiger charge is -2.11. The van der Waals surface area contributed by atoms with E-state index in [1.54, 1.807) is 20.4 Å². The fraction of sp³-hybridized carbons (Fsp3) is 0.120. The molecule has 1 heterocycles. The fourth-order valence-electron chi connectivity index (χ4n) is 3.05. The summed E-state index contributed by atoms with van der Waals surface area (Å²) in [6, 6.07) is 23.4.